The van der Waals surface area contributed by atoms with Crippen LogP contribution in [-0.2, 0) is 0 Å². The van der Waals surface area contributed by atoms with Crippen molar-refractivity contribution in [2.24, 2.45) is 0 Å². The number of nitrogens with one attached hydrogen (secondary N) is 1. The highest BCUT2D eigenvalue weighted by atomic mass is 79.9. The Morgan fingerprint density at radius 3 is 2.76 bits per heavy atom. The maximum Gasteiger partial charge on any atom is 0.217 e. The van der Waals surface area contributed by atoms with Gasteiger partial charge in [-0.05, 0) is 29.8 Å². The summed E-state index contributed by atoms with van der Waals surface area (Å²) in [7, 11) is 0. The second kappa shape index (κ2) is 4.33. The molecule has 0 atom stereocenters. The van der Waals surface area contributed by atoms with Gasteiger partial charge in [-0.1, -0.05) is 0 Å². The summed E-state index contributed by atoms with van der Waals surface area (Å²) in [4.78, 5) is 12.3. The molecule has 0 unspecified atom stereocenters. The molecule has 2 aromatic rings. The minimum absolute atomic E-state index is 0.0911. The second-order valence-corrected chi connectivity index (χ2v) is 4.76. The number of aromatic amines is 1. The van der Waals surface area contributed by atoms with E-state index in [0.29, 0.717) is 15.7 Å². The molecule has 0 aliphatic rings. The van der Waals surface area contributed by atoms with Crippen molar-refractivity contribution in [3.63, 3.8) is 0 Å². The molecule has 0 fully saturated rings. The Labute approximate surface area is 106 Å². The zero-order chi connectivity index (χ0) is 12.6. The summed E-state index contributed by atoms with van der Waals surface area (Å²) in [5, 5.41) is 10.4. The Balaban J connectivity index is 2.51. The van der Waals surface area contributed by atoms with Crippen LogP contribution in [-0.4, -0.2) is 25.8 Å². The van der Waals surface area contributed by atoms with E-state index in [2.05, 4.69) is 31.2 Å². The molecule has 3 N–H and O–H groups in total. The summed E-state index contributed by atoms with van der Waals surface area (Å²) in [6.45, 7) is 3.91. The van der Waals surface area contributed by atoms with Crippen LogP contribution in [0.1, 0.15) is 35.9 Å². The van der Waals surface area contributed by atoms with Gasteiger partial charge < -0.3 is 5.73 Å². The van der Waals surface area contributed by atoms with E-state index in [1.807, 2.05) is 13.8 Å². The van der Waals surface area contributed by atoms with E-state index in [1.54, 1.807) is 10.9 Å². The summed E-state index contributed by atoms with van der Waals surface area (Å²) in [5.41, 5.74) is 6.47. The van der Waals surface area contributed by atoms with E-state index >= 15 is 0 Å². The number of H-pyrrole nitrogens is 1. The smallest absolute Gasteiger partial charge is 0.217 e. The molecule has 0 saturated heterocycles. The number of aromatic nitrogens is 4. The number of hydrogen-bond acceptors (Lipinski definition) is 4. The first-order chi connectivity index (χ1) is 8.02. The first-order valence-electron chi connectivity index (χ1n) is 5.09. The predicted molar refractivity (Wildman–Crippen MR) is 66.7 cm³/mol. The van der Waals surface area contributed by atoms with Crippen molar-refractivity contribution < 1.29 is 4.79 Å². The highest BCUT2D eigenvalue weighted by Crippen LogP contribution is 2.23. The summed E-state index contributed by atoms with van der Waals surface area (Å²) in [6.07, 6.45) is 3.02. The maximum absolute atomic E-state index is 12.3. The molecule has 0 spiro atoms. The normalized spacial score (nSPS) is 11.1. The van der Waals surface area contributed by atoms with Gasteiger partial charge in [-0.25, -0.2) is 0 Å². The first-order valence-corrected chi connectivity index (χ1v) is 5.88. The highest BCUT2D eigenvalue weighted by Gasteiger charge is 2.22. The third-order valence-corrected chi connectivity index (χ3v) is 2.95. The zero-order valence-corrected chi connectivity index (χ0v) is 11.0. The van der Waals surface area contributed by atoms with Gasteiger partial charge in [0.05, 0.1) is 22.4 Å². The second-order valence-electron chi connectivity index (χ2n) is 3.91. The fourth-order valence-electron chi connectivity index (χ4n) is 1.55. The van der Waals surface area contributed by atoms with Crippen LogP contribution in [0, 0.1) is 0 Å². The zero-order valence-electron chi connectivity index (χ0n) is 9.44. The molecular formula is C10H12BrN5O. The average molecular weight is 298 g/mol. The molecule has 2 rings (SSSR count). The molecule has 0 radical (unpaired) electrons. The van der Waals surface area contributed by atoms with Gasteiger partial charge in [0.25, 0.3) is 0 Å². The van der Waals surface area contributed by atoms with Crippen LogP contribution < -0.4 is 5.73 Å². The van der Waals surface area contributed by atoms with Gasteiger partial charge >= 0.3 is 0 Å². The molecule has 17 heavy (non-hydrogen) atoms. The van der Waals surface area contributed by atoms with Crippen molar-refractivity contribution in [1.82, 2.24) is 20.0 Å². The molecular weight excluding hydrogens is 286 g/mol. The fourth-order valence-corrected chi connectivity index (χ4v) is 2.00. The van der Waals surface area contributed by atoms with Gasteiger partial charge in [0.1, 0.15) is 11.5 Å². The number of nitrogen functional groups attached to an aromatic ring is 1. The van der Waals surface area contributed by atoms with Gasteiger partial charge in [0, 0.05) is 6.04 Å². The van der Waals surface area contributed by atoms with Crippen molar-refractivity contribution in [3.05, 3.63) is 28.1 Å². The van der Waals surface area contributed by atoms with Crippen molar-refractivity contribution in [1.29, 1.82) is 0 Å². The molecule has 6 nitrogen and oxygen atoms in total. The van der Waals surface area contributed by atoms with Crippen molar-refractivity contribution in [3.8, 4) is 0 Å². The van der Waals surface area contributed by atoms with Crippen LogP contribution in [0.2, 0.25) is 0 Å². The van der Waals surface area contributed by atoms with E-state index < -0.39 is 0 Å². The summed E-state index contributed by atoms with van der Waals surface area (Å²) in [6, 6.07) is 0.0911. The first kappa shape index (κ1) is 11.8. The Hall–Kier alpha value is -1.63. The van der Waals surface area contributed by atoms with Crippen LogP contribution in [0.4, 0.5) is 5.82 Å². The topological polar surface area (TPSA) is 89.6 Å². The van der Waals surface area contributed by atoms with E-state index in [9.17, 15) is 4.79 Å². The van der Waals surface area contributed by atoms with Gasteiger partial charge in [0.2, 0.25) is 5.78 Å². The molecule has 0 aromatic carbocycles. The van der Waals surface area contributed by atoms with Crippen LogP contribution in [0.15, 0.2) is 16.9 Å². The van der Waals surface area contributed by atoms with E-state index in [1.165, 1.54) is 6.20 Å². The lowest BCUT2D eigenvalue weighted by Gasteiger charge is -2.10. The van der Waals surface area contributed by atoms with E-state index in [4.69, 9.17) is 5.73 Å². The Morgan fingerprint density at radius 2 is 2.24 bits per heavy atom. The number of halogens is 1. The average Bonchev–Trinajstić information content (AvgIpc) is 2.83. The molecule has 7 heteroatoms. The van der Waals surface area contributed by atoms with Crippen molar-refractivity contribution in [2.45, 2.75) is 19.9 Å². The molecule has 2 heterocycles. The molecule has 0 amide bonds. The predicted octanol–water partition coefficient (Wildman–Crippen LogP) is 1.76. The number of nitrogens with two attached hydrogens (primary N) is 1. The summed E-state index contributed by atoms with van der Waals surface area (Å²) in [5.74, 6) is 0.0627. The third-order valence-electron chi connectivity index (χ3n) is 2.37. The molecule has 0 bridgehead atoms. The lowest BCUT2D eigenvalue weighted by atomic mass is 10.1. The van der Waals surface area contributed by atoms with Crippen molar-refractivity contribution in [2.75, 3.05) is 5.73 Å². The van der Waals surface area contributed by atoms with E-state index in [0.717, 1.165) is 0 Å². The Kier molecular flexibility index (Phi) is 3.01. The van der Waals surface area contributed by atoms with Crippen molar-refractivity contribution >= 4 is 27.5 Å². The highest BCUT2D eigenvalue weighted by molar-refractivity contribution is 9.10. The molecule has 0 saturated carbocycles. The molecule has 2 aromatic heterocycles. The number of rotatable bonds is 3. The Bertz CT molecular complexity index is 557. The largest absolute Gasteiger partial charge is 0.383 e. The van der Waals surface area contributed by atoms with Crippen LogP contribution in [0.25, 0.3) is 0 Å². The van der Waals surface area contributed by atoms with Gasteiger partial charge in [-0.15, -0.1) is 0 Å². The summed E-state index contributed by atoms with van der Waals surface area (Å²) < 4.78 is 2.30. The molecule has 90 valence electrons. The molecule has 0 aliphatic heterocycles. The number of anilines is 1. The maximum atomic E-state index is 12.3. The third kappa shape index (κ3) is 1.97. The minimum atomic E-state index is -0.200. The quantitative estimate of drug-likeness (QED) is 0.845. The lowest BCUT2D eigenvalue weighted by Crippen LogP contribution is -2.14. The standard InChI is InChI=1S/C10H12BrN5O/c1-5(2)16-8(7(11)4-14-16)9(17)6-3-13-15-10(6)12/h3-5H,1-2H3,(H3,12,13,15). The van der Waals surface area contributed by atoms with Gasteiger partial charge in [-0.3, -0.25) is 14.6 Å². The van der Waals surface area contributed by atoms with Crippen LogP contribution in [0.5, 0.6) is 0 Å². The van der Waals surface area contributed by atoms with E-state index in [-0.39, 0.29) is 17.6 Å². The Morgan fingerprint density at radius 1 is 1.53 bits per heavy atom. The van der Waals surface area contributed by atoms with Crippen LogP contribution >= 0.6 is 15.9 Å². The number of hydrogen-bond donors (Lipinski definition) is 2. The molecule has 0 aliphatic carbocycles. The fraction of sp³-hybridized carbons (Fsp3) is 0.300. The van der Waals surface area contributed by atoms with Gasteiger partial charge in [0.15, 0.2) is 0 Å². The minimum Gasteiger partial charge on any atom is -0.383 e. The lowest BCUT2D eigenvalue weighted by molar-refractivity contribution is 0.102. The summed E-state index contributed by atoms with van der Waals surface area (Å²) >= 11 is 3.32. The monoisotopic (exact) mass is 297 g/mol. The van der Waals surface area contributed by atoms with Crippen LogP contribution in [0.3, 0.4) is 0 Å². The SMILES string of the molecule is CC(C)n1ncc(Br)c1C(=O)c1cn[nH]c1N. The number of nitrogens with zero attached hydrogens (tertiary/aromatic N) is 3. The number of ketones is 1. The van der Waals surface area contributed by atoms with Gasteiger partial charge in [-0.2, -0.15) is 10.2 Å². The number of carbonyl (C=O) groups excluding carboxylic acids is 1. The number of carbonyl (C=O) groups is 1.